The zero-order valence-corrected chi connectivity index (χ0v) is 14.7. The third-order valence-corrected chi connectivity index (χ3v) is 6.65. The molecule has 1 heterocycles. The van der Waals surface area contributed by atoms with Gasteiger partial charge in [0.15, 0.2) is 0 Å². The van der Waals surface area contributed by atoms with Crippen LogP contribution in [0.5, 0.6) is 0 Å². The van der Waals surface area contributed by atoms with Gasteiger partial charge in [-0.2, -0.15) is 11.8 Å². The Hall–Kier alpha value is -0.270. The van der Waals surface area contributed by atoms with Crippen LogP contribution in [0.3, 0.4) is 0 Å². The third-order valence-electron chi connectivity index (χ3n) is 3.57. The van der Waals surface area contributed by atoms with Gasteiger partial charge in [-0.05, 0) is 55.8 Å². The predicted molar refractivity (Wildman–Crippen MR) is 89.6 cm³/mol. The lowest BCUT2D eigenvalue weighted by atomic mass is 10.1. The molecule has 7 heteroatoms. The molecule has 0 amide bonds. The van der Waals surface area contributed by atoms with E-state index in [1.54, 1.807) is 11.8 Å². The van der Waals surface area contributed by atoms with E-state index in [2.05, 4.69) is 10.0 Å². The fourth-order valence-electron chi connectivity index (χ4n) is 2.48. The standard InChI is InChI=1S/C14H21ClN2O2S2/c1-10-11(8-16-2)6-12(15)7-14(10)21(18,19)17-13-4-3-5-20-9-13/h6-7,13,16-17H,3-5,8-9H2,1-2H3. The smallest absolute Gasteiger partial charge is 0.241 e. The largest absolute Gasteiger partial charge is 0.316 e. The van der Waals surface area contributed by atoms with E-state index < -0.39 is 10.0 Å². The number of nitrogens with one attached hydrogen (secondary N) is 2. The molecule has 118 valence electrons. The van der Waals surface area contributed by atoms with Gasteiger partial charge in [-0.25, -0.2) is 13.1 Å². The second-order valence-electron chi connectivity index (χ2n) is 5.25. The number of hydrogen-bond donors (Lipinski definition) is 2. The quantitative estimate of drug-likeness (QED) is 0.858. The van der Waals surface area contributed by atoms with Gasteiger partial charge in [0.05, 0.1) is 4.90 Å². The van der Waals surface area contributed by atoms with Crippen LogP contribution in [0.4, 0.5) is 0 Å². The fourth-order valence-corrected chi connectivity index (χ4v) is 5.54. The summed E-state index contributed by atoms with van der Waals surface area (Å²) < 4.78 is 28.1. The molecule has 1 aromatic carbocycles. The molecule has 2 rings (SSSR count). The zero-order chi connectivity index (χ0) is 15.5. The lowest BCUT2D eigenvalue weighted by Gasteiger charge is -2.23. The van der Waals surface area contributed by atoms with E-state index in [9.17, 15) is 8.42 Å². The normalized spacial score (nSPS) is 19.7. The molecule has 0 aliphatic carbocycles. The highest BCUT2D eigenvalue weighted by Gasteiger charge is 2.24. The first kappa shape index (κ1) is 17.1. The highest BCUT2D eigenvalue weighted by molar-refractivity contribution is 7.99. The Bertz CT molecular complexity index is 599. The molecule has 1 fully saturated rings. The molecule has 1 atom stereocenters. The van der Waals surface area contributed by atoms with Crippen molar-refractivity contribution < 1.29 is 8.42 Å². The maximum Gasteiger partial charge on any atom is 0.241 e. The molecule has 0 radical (unpaired) electrons. The molecule has 0 bridgehead atoms. The highest BCUT2D eigenvalue weighted by Crippen LogP contribution is 2.26. The predicted octanol–water partition coefficient (Wildman–Crippen LogP) is 2.54. The highest BCUT2D eigenvalue weighted by atomic mass is 35.5. The molecule has 4 nitrogen and oxygen atoms in total. The van der Waals surface area contributed by atoms with E-state index in [-0.39, 0.29) is 10.9 Å². The first-order valence-electron chi connectivity index (χ1n) is 6.97. The van der Waals surface area contributed by atoms with Gasteiger partial charge in [-0.15, -0.1) is 0 Å². The third kappa shape index (κ3) is 4.36. The van der Waals surface area contributed by atoms with E-state index >= 15 is 0 Å². The van der Waals surface area contributed by atoms with Gasteiger partial charge in [0, 0.05) is 23.4 Å². The molecule has 1 aliphatic rings. The molecule has 0 aromatic heterocycles. The summed E-state index contributed by atoms with van der Waals surface area (Å²) in [4.78, 5) is 0.288. The van der Waals surface area contributed by atoms with Crippen molar-refractivity contribution in [1.29, 1.82) is 0 Å². The van der Waals surface area contributed by atoms with Crippen LogP contribution in [0.1, 0.15) is 24.0 Å². The topological polar surface area (TPSA) is 58.2 Å². The summed E-state index contributed by atoms with van der Waals surface area (Å²) in [6.07, 6.45) is 1.95. The van der Waals surface area contributed by atoms with Crippen molar-refractivity contribution in [3.8, 4) is 0 Å². The van der Waals surface area contributed by atoms with Crippen molar-refractivity contribution in [3.63, 3.8) is 0 Å². The van der Waals surface area contributed by atoms with Crippen LogP contribution in [0, 0.1) is 6.92 Å². The van der Waals surface area contributed by atoms with Crippen LogP contribution in [-0.4, -0.2) is 33.0 Å². The van der Waals surface area contributed by atoms with Crippen LogP contribution in [0.25, 0.3) is 0 Å². The fraction of sp³-hybridized carbons (Fsp3) is 0.571. The Labute approximate surface area is 136 Å². The lowest BCUT2D eigenvalue weighted by Crippen LogP contribution is -2.38. The monoisotopic (exact) mass is 348 g/mol. The minimum absolute atomic E-state index is 0.0138. The SMILES string of the molecule is CNCc1cc(Cl)cc(S(=O)(=O)NC2CCCSC2)c1C. The van der Waals surface area contributed by atoms with Gasteiger partial charge >= 0.3 is 0 Å². The van der Waals surface area contributed by atoms with Gasteiger partial charge in [0.2, 0.25) is 10.0 Å². The summed E-state index contributed by atoms with van der Waals surface area (Å²) >= 11 is 7.88. The van der Waals surface area contributed by atoms with Gasteiger partial charge in [-0.3, -0.25) is 0 Å². The summed E-state index contributed by atoms with van der Waals surface area (Å²) in [7, 11) is -1.70. The van der Waals surface area contributed by atoms with Crippen molar-refractivity contribution >= 4 is 33.4 Å². The molecule has 1 aromatic rings. The van der Waals surface area contributed by atoms with E-state index in [1.165, 1.54) is 6.07 Å². The number of rotatable bonds is 5. The molecule has 21 heavy (non-hydrogen) atoms. The first-order valence-corrected chi connectivity index (χ1v) is 9.99. The first-order chi connectivity index (χ1) is 9.94. The van der Waals surface area contributed by atoms with Gasteiger partial charge in [0.25, 0.3) is 0 Å². The maximum atomic E-state index is 12.6. The number of benzene rings is 1. The number of sulfonamides is 1. The van der Waals surface area contributed by atoms with Crippen LogP contribution in [0.15, 0.2) is 17.0 Å². The summed E-state index contributed by atoms with van der Waals surface area (Å²) in [5, 5.41) is 3.48. The van der Waals surface area contributed by atoms with Crippen LogP contribution < -0.4 is 10.0 Å². The molecule has 0 spiro atoms. The Balaban J connectivity index is 2.30. The summed E-state index contributed by atoms with van der Waals surface area (Å²) in [6.45, 7) is 2.42. The lowest BCUT2D eigenvalue weighted by molar-refractivity contribution is 0.542. The molecule has 1 saturated heterocycles. The molecular weight excluding hydrogens is 328 g/mol. The number of hydrogen-bond acceptors (Lipinski definition) is 4. The van der Waals surface area contributed by atoms with Crippen molar-refractivity contribution in [1.82, 2.24) is 10.0 Å². The number of halogens is 1. The Kier molecular flexibility index (Phi) is 5.96. The van der Waals surface area contributed by atoms with E-state index in [4.69, 9.17) is 11.6 Å². The van der Waals surface area contributed by atoms with Crippen LogP contribution in [0.2, 0.25) is 5.02 Å². The minimum atomic E-state index is -3.53. The summed E-state index contributed by atoms with van der Waals surface area (Å²) in [5.41, 5.74) is 1.66. The average Bonchev–Trinajstić information content (AvgIpc) is 2.43. The van der Waals surface area contributed by atoms with Gasteiger partial charge in [0.1, 0.15) is 0 Å². The molecule has 0 saturated carbocycles. The van der Waals surface area contributed by atoms with E-state index in [0.717, 1.165) is 35.5 Å². The summed E-state index contributed by atoms with van der Waals surface area (Å²) in [5.74, 6) is 1.95. The Morgan fingerprint density at radius 1 is 1.43 bits per heavy atom. The maximum absolute atomic E-state index is 12.6. The molecule has 2 N–H and O–H groups in total. The number of thioether (sulfide) groups is 1. The zero-order valence-electron chi connectivity index (χ0n) is 12.3. The minimum Gasteiger partial charge on any atom is -0.316 e. The van der Waals surface area contributed by atoms with Crippen molar-refractivity contribution in [2.24, 2.45) is 0 Å². The second kappa shape index (κ2) is 7.33. The molecular formula is C14H21ClN2O2S2. The van der Waals surface area contributed by atoms with Crippen molar-refractivity contribution in [2.45, 2.75) is 37.2 Å². The summed E-state index contributed by atoms with van der Waals surface area (Å²) in [6, 6.07) is 3.36. The van der Waals surface area contributed by atoms with Gasteiger partial charge < -0.3 is 5.32 Å². The molecule has 1 aliphatic heterocycles. The van der Waals surface area contributed by atoms with Crippen molar-refractivity contribution in [2.75, 3.05) is 18.6 Å². The van der Waals surface area contributed by atoms with Crippen LogP contribution in [-0.2, 0) is 16.6 Å². The van der Waals surface area contributed by atoms with E-state index in [0.29, 0.717) is 11.6 Å². The van der Waals surface area contributed by atoms with Crippen LogP contribution >= 0.6 is 23.4 Å². The second-order valence-corrected chi connectivity index (χ2v) is 8.52. The Morgan fingerprint density at radius 3 is 2.81 bits per heavy atom. The average molecular weight is 349 g/mol. The van der Waals surface area contributed by atoms with E-state index in [1.807, 2.05) is 20.0 Å². The molecule has 1 unspecified atom stereocenters. The van der Waals surface area contributed by atoms with Crippen molar-refractivity contribution in [3.05, 3.63) is 28.3 Å². The van der Waals surface area contributed by atoms with Gasteiger partial charge in [-0.1, -0.05) is 11.6 Å². The Morgan fingerprint density at radius 2 is 2.19 bits per heavy atom.